The maximum atomic E-state index is 13.1. The first-order valence-electron chi connectivity index (χ1n) is 11.6. The van der Waals surface area contributed by atoms with Crippen molar-refractivity contribution in [2.24, 2.45) is 0 Å². The van der Waals surface area contributed by atoms with Crippen LogP contribution in [0.5, 0.6) is 5.75 Å². The van der Waals surface area contributed by atoms with Crippen LogP contribution < -0.4 is 20.7 Å². The van der Waals surface area contributed by atoms with Crippen molar-refractivity contribution in [3.63, 3.8) is 0 Å². The van der Waals surface area contributed by atoms with Crippen LogP contribution >= 0.6 is 58.5 Å². The van der Waals surface area contributed by atoms with E-state index in [1.54, 1.807) is 19.2 Å². The lowest BCUT2D eigenvalue weighted by atomic mass is 10.2. The summed E-state index contributed by atoms with van der Waals surface area (Å²) in [7, 11) is 1.61. The Kier molecular flexibility index (Phi) is 9.87. The minimum absolute atomic E-state index is 0.112. The number of carbonyl (C=O) groups is 1. The molecule has 0 saturated carbocycles. The van der Waals surface area contributed by atoms with Crippen molar-refractivity contribution in [2.45, 2.75) is 23.5 Å². The molecule has 196 valence electrons. The first-order chi connectivity index (χ1) is 18.4. The van der Waals surface area contributed by atoms with E-state index in [2.05, 4.69) is 20.9 Å². The molecule has 0 aliphatic heterocycles. The van der Waals surface area contributed by atoms with Crippen molar-refractivity contribution < 1.29 is 9.53 Å². The van der Waals surface area contributed by atoms with Gasteiger partial charge in [-0.15, -0.1) is 23.1 Å². The number of halogens is 2. The number of amides is 1. The van der Waals surface area contributed by atoms with Gasteiger partial charge in [-0.05, 0) is 61.1 Å². The van der Waals surface area contributed by atoms with Gasteiger partial charge in [0.2, 0.25) is 5.91 Å². The van der Waals surface area contributed by atoms with Gasteiger partial charge < -0.3 is 20.7 Å². The molecule has 4 rings (SSSR count). The molecule has 0 aliphatic rings. The second kappa shape index (κ2) is 13.3. The topological polar surface area (TPSA) is 75.3 Å². The van der Waals surface area contributed by atoms with E-state index < -0.39 is 0 Å². The average Bonchev–Trinajstić information content (AvgIpc) is 3.37. The number of para-hydroxylation sites is 2. The van der Waals surface area contributed by atoms with E-state index in [-0.39, 0.29) is 11.2 Å². The highest BCUT2D eigenvalue weighted by atomic mass is 35.5. The van der Waals surface area contributed by atoms with Crippen LogP contribution in [0.25, 0.3) is 11.3 Å². The summed E-state index contributed by atoms with van der Waals surface area (Å²) in [5.74, 6) is 0.585. The van der Waals surface area contributed by atoms with E-state index in [1.807, 2.05) is 66.9 Å². The number of carbonyl (C=O) groups excluding carboxylic acids is 1. The van der Waals surface area contributed by atoms with Crippen LogP contribution in [0.1, 0.15) is 13.3 Å². The van der Waals surface area contributed by atoms with Crippen LogP contribution in [0.3, 0.4) is 0 Å². The number of thiocarbonyl (C=S) groups is 1. The molecule has 11 heteroatoms. The Morgan fingerprint density at radius 3 is 2.63 bits per heavy atom. The van der Waals surface area contributed by atoms with Gasteiger partial charge in [0.25, 0.3) is 0 Å². The lowest BCUT2D eigenvalue weighted by Gasteiger charge is -2.16. The van der Waals surface area contributed by atoms with Crippen molar-refractivity contribution in [2.75, 3.05) is 23.1 Å². The van der Waals surface area contributed by atoms with Crippen molar-refractivity contribution in [3.05, 3.63) is 82.2 Å². The van der Waals surface area contributed by atoms with Gasteiger partial charge in [-0.2, -0.15) is 0 Å². The number of thiazole rings is 1. The molecule has 1 amide bonds. The smallest absolute Gasteiger partial charge is 0.239 e. The molecule has 0 radical (unpaired) electrons. The fourth-order valence-electron chi connectivity index (χ4n) is 3.47. The molecule has 1 aromatic heterocycles. The Balaban J connectivity index is 1.37. The molecule has 3 aromatic carbocycles. The van der Waals surface area contributed by atoms with Gasteiger partial charge in [-0.25, -0.2) is 4.98 Å². The Bertz CT molecular complexity index is 1450. The summed E-state index contributed by atoms with van der Waals surface area (Å²) in [5.41, 5.74) is 3.13. The minimum Gasteiger partial charge on any atom is -0.495 e. The number of aromatic nitrogens is 1. The number of thioether (sulfide) groups is 1. The Morgan fingerprint density at radius 2 is 1.87 bits per heavy atom. The van der Waals surface area contributed by atoms with Gasteiger partial charge in [-0.1, -0.05) is 54.4 Å². The second-order valence-electron chi connectivity index (χ2n) is 7.98. The average molecular weight is 604 g/mol. The Hall–Kier alpha value is -2.82. The maximum absolute atomic E-state index is 13.1. The third kappa shape index (κ3) is 7.39. The van der Waals surface area contributed by atoms with Crippen molar-refractivity contribution in [3.8, 4) is 17.0 Å². The van der Waals surface area contributed by atoms with Crippen LogP contribution in [0, 0.1) is 0 Å². The van der Waals surface area contributed by atoms with E-state index in [4.69, 9.17) is 40.2 Å². The highest BCUT2D eigenvalue weighted by molar-refractivity contribution is 8.00. The van der Waals surface area contributed by atoms with Gasteiger partial charge in [-0.3, -0.25) is 4.79 Å². The zero-order valence-electron chi connectivity index (χ0n) is 20.5. The molecular formula is C27H24Cl2N4O2S3. The molecule has 1 unspecified atom stereocenters. The molecule has 1 heterocycles. The summed E-state index contributed by atoms with van der Waals surface area (Å²) in [4.78, 5) is 18.5. The van der Waals surface area contributed by atoms with Crippen LogP contribution in [-0.4, -0.2) is 28.4 Å². The van der Waals surface area contributed by atoms with Crippen molar-refractivity contribution in [1.29, 1.82) is 0 Å². The molecule has 0 spiro atoms. The van der Waals surface area contributed by atoms with Crippen molar-refractivity contribution >= 4 is 86.0 Å². The molecule has 0 aliphatic carbocycles. The molecule has 0 bridgehead atoms. The monoisotopic (exact) mass is 602 g/mol. The van der Waals surface area contributed by atoms with Gasteiger partial charge in [0.15, 0.2) is 10.2 Å². The number of nitrogens with one attached hydrogen (secondary N) is 3. The first kappa shape index (κ1) is 28.2. The highest BCUT2D eigenvalue weighted by Crippen LogP contribution is 2.32. The number of anilines is 3. The van der Waals surface area contributed by atoms with Gasteiger partial charge in [0.05, 0.1) is 33.8 Å². The summed E-state index contributed by atoms with van der Waals surface area (Å²) in [5, 5.41) is 12.8. The number of rotatable bonds is 9. The number of benzene rings is 3. The normalized spacial score (nSPS) is 11.5. The molecule has 0 saturated heterocycles. The maximum Gasteiger partial charge on any atom is 0.239 e. The quantitative estimate of drug-likeness (QED) is 0.131. The third-order valence-corrected chi connectivity index (χ3v) is 8.40. The van der Waals surface area contributed by atoms with E-state index in [1.165, 1.54) is 23.1 Å². The Morgan fingerprint density at radius 1 is 1.05 bits per heavy atom. The Labute approximate surface area is 245 Å². The summed E-state index contributed by atoms with van der Waals surface area (Å²) in [6.45, 7) is 1.98. The number of ether oxygens (including phenoxy) is 1. The number of methoxy groups -OCH3 is 1. The highest BCUT2D eigenvalue weighted by Gasteiger charge is 2.20. The predicted octanol–water partition coefficient (Wildman–Crippen LogP) is 8.44. The second-order valence-corrected chi connectivity index (χ2v) is 11.3. The summed E-state index contributed by atoms with van der Waals surface area (Å²) in [6, 6.07) is 20.6. The lowest BCUT2D eigenvalue weighted by molar-refractivity contribution is -0.115. The van der Waals surface area contributed by atoms with Crippen molar-refractivity contribution in [1.82, 2.24) is 4.98 Å². The minimum atomic E-state index is -0.304. The molecular weight excluding hydrogens is 579 g/mol. The van der Waals surface area contributed by atoms with Gasteiger partial charge in [0, 0.05) is 21.5 Å². The zero-order chi connectivity index (χ0) is 27.1. The lowest BCUT2D eigenvalue weighted by Crippen LogP contribution is -2.24. The predicted molar refractivity (Wildman–Crippen MR) is 165 cm³/mol. The first-order valence-corrected chi connectivity index (χ1v) is 14.5. The van der Waals surface area contributed by atoms with Crippen LogP contribution in [0.4, 0.5) is 16.5 Å². The number of hydrogen-bond acceptors (Lipinski definition) is 6. The zero-order valence-corrected chi connectivity index (χ0v) is 24.4. The summed E-state index contributed by atoms with van der Waals surface area (Å²) in [6.07, 6.45) is 0.646. The largest absolute Gasteiger partial charge is 0.495 e. The third-order valence-electron chi connectivity index (χ3n) is 5.34. The molecule has 4 aromatic rings. The van der Waals surface area contributed by atoms with E-state index in [9.17, 15) is 4.79 Å². The molecule has 0 fully saturated rings. The molecule has 38 heavy (non-hydrogen) atoms. The van der Waals surface area contributed by atoms with Crippen LogP contribution in [-0.2, 0) is 4.79 Å². The fraction of sp³-hybridized carbons (Fsp3) is 0.148. The summed E-state index contributed by atoms with van der Waals surface area (Å²) < 4.78 is 5.36. The number of nitrogens with zero attached hydrogens (tertiary/aromatic N) is 1. The van der Waals surface area contributed by atoms with Gasteiger partial charge >= 0.3 is 0 Å². The SMILES string of the molecule is CCC(Sc1cccc(NC(=S)Nc2ccccc2OC)c1)C(=O)Nc1nc(-c2ccc(Cl)c(Cl)c2)cs1. The van der Waals surface area contributed by atoms with E-state index in [0.717, 1.165) is 27.5 Å². The number of hydrogen-bond donors (Lipinski definition) is 3. The fourth-order valence-corrected chi connectivity index (χ4v) is 5.73. The standard InChI is InChI=1S/C27H24Cl2N4O2S3/c1-3-24(25(34)33-27-32-22(15-37-27)16-11-12-19(28)20(29)13-16)38-18-8-6-7-17(14-18)30-26(36)31-21-9-4-5-10-23(21)35-2/h4-15,24H,3H2,1-2H3,(H2,30,31,36)(H,32,33,34). The summed E-state index contributed by atoms with van der Waals surface area (Å²) >= 11 is 20.5. The molecule has 6 nitrogen and oxygen atoms in total. The van der Waals surface area contributed by atoms with Crippen LogP contribution in [0.2, 0.25) is 10.0 Å². The van der Waals surface area contributed by atoms with Gasteiger partial charge in [0.1, 0.15) is 5.75 Å². The van der Waals surface area contributed by atoms with E-state index >= 15 is 0 Å². The molecule has 3 N–H and O–H groups in total. The van der Waals surface area contributed by atoms with Crippen LogP contribution in [0.15, 0.2) is 77.0 Å². The van der Waals surface area contributed by atoms with E-state index in [0.29, 0.717) is 32.5 Å². The molecule has 1 atom stereocenters.